The molecule has 2 aliphatic heterocycles. The van der Waals surface area contributed by atoms with Gasteiger partial charge >= 0.3 is 0 Å². The molecule has 4 heterocycles. The fraction of sp³-hybridized carbons (Fsp3) is 0.500. The van der Waals surface area contributed by atoms with Gasteiger partial charge in [-0.25, -0.2) is 4.39 Å². The van der Waals surface area contributed by atoms with Gasteiger partial charge in [-0.1, -0.05) is 5.16 Å². The zero-order valence-corrected chi connectivity index (χ0v) is 17.7. The van der Waals surface area contributed by atoms with Crippen LogP contribution in [-0.4, -0.2) is 62.9 Å². The highest BCUT2D eigenvalue weighted by Crippen LogP contribution is 2.48. The smallest absolute Gasteiger partial charge is 0.232 e. The summed E-state index contributed by atoms with van der Waals surface area (Å²) in [5.41, 5.74) is 3.34. The molecule has 0 radical (unpaired) electrons. The first kappa shape index (κ1) is 19.4. The summed E-state index contributed by atoms with van der Waals surface area (Å²) in [7, 11) is 4.16. The summed E-state index contributed by atoms with van der Waals surface area (Å²) < 4.78 is 21.0. The molecule has 0 N–H and O–H groups in total. The first-order valence-electron chi connectivity index (χ1n) is 10.4. The molecule has 30 heavy (non-hydrogen) atoms. The van der Waals surface area contributed by atoms with E-state index in [9.17, 15) is 4.39 Å². The van der Waals surface area contributed by atoms with Crippen molar-refractivity contribution in [1.29, 1.82) is 0 Å². The number of likely N-dealkylation sites (tertiary alicyclic amines) is 2. The molecule has 1 aromatic carbocycles. The van der Waals surface area contributed by atoms with E-state index in [2.05, 4.69) is 34.0 Å². The Morgan fingerprint density at radius 3 is 2.67 bits per heavy atom. The van der Waals surface area contributed by atoms with Crippen molar-refractivity contribution in [1.82, 2.24) is 29.7 Å². The average Bonchev–Trinajstić information content (AvgIpc) is 3.49. The summed E-state index contributed by atoms with van der Waals surface area (Å²) in [4.78, 5) is 9.63. The van der Waals surface area contributed by atoms with E-state index < -0.39 is 0 Å². The Balaban J connectivity index is 1.42. The highest BCUT2D eigenvalue weighted by atomic mass is 19.1. The normalized spacial score (nSPS) is 25.0. The summed E-state index contributed by atoms with van der Waals surface area (Å²) in [6.07, 6.45) is 3.08. The fourth-order valence-electron chi connectivity index (χ4n) is 5.09. The van der Waals surface area contributed by atoms with Gasteiger partial charge < -0.3 is 9.42 Å². The number of rotatable bonds is 4. The molecule has 0 bridgehead atoms. The molecule has 3 aromatic rings. The molecular formula is C22H27FN6O. The molecule has 0 saturated carbocycles. The lowest BCUT2D eigenvalue weighted by Gasteiger charge is -2.27. The second kappa shape index (κ2) is 7.28. The van der Waals surface area contributed by atoms with Crippen molar-refractivity contribution in [2.45, 2.75) is 25.8 Å². The van der Waals surface area contributed by atoms with Crippen LogP contribution in [0.4, 0.5) is 4.39 Å². The van der Waals surface area contributed by atoms with Gasteiger partial charge in [0.2, 0.25) is 11.7 Å². The summed E-state index contributed by atoms with van der Waals surface area (Å²) >= 11 is 0. The third kappa shape index (κ3) is 3.33. The monoisotopic (exact) mass is 410 g/mol. The summed E-state index contributed by atoms with van der Waals surface area (Å²) in [5, 5.41) is 8.60. The minimum atomic E-state index is -0.271. The van der Waals surface area contributed by atoms with Crippen molar-refractivity contribution in [3.05, 3.63) is 53.4 Å². The molecule has 158 valence electrons. The highest BCUT2D eigenvalue weighted by molar-refractivity contribution is 5.53. The molecule has 5 rings (SSSR count). The van der Waals surface area contributed by atoms with Gasteiger partial charge in [0.05, 0.1) is 12.1 Å². The van der Waals surface area contributed by atoms with E-state index >= 15 is 0 Å². The van der Waals surface area contributed by atoms with Gasteiger partial charge in [-0.05, 0) is 51.2 Å². The Hall–Kier alpha value is -2.58. The zero-order valence-electron chi connectivity index (χ0n) is 17.7. The molecule has 2 aliphatic rings. The van der Waals surface area contributed by atoms with E-state index in [0.717, 1.165) is 44.7 Å². The van der Waals surface area contributed by atoms with Crippen LogP contribution in [0.15, 0.2) is 35.0 Å². The Kier molecular flexibility index (Phi) is 4.71. The maximum absolute atomic E-state index is 13.3. The largest absolute Gasteiger partial charge is 0.339 e. The maximum atomic E-state index is 13.3. The summed E-state index contributed by atoms with van der Waals surface area (Å²) in [6.45, 7) is 6.98. The Labute approximate surface area is 175 Å². The van der Waals surface area contributed by atoms with Crippen LogP contribution in [-0.2, 0) is 13.6 Å². The van der Waals surface area contributed by atoms with Gasteiger partial charge in [-0.2, -0.15) is 10.1 Å². The van der Waals surface area contributed by atoms with Crippen LogP contribution >= 0.6 is 0 Å². The van der Waals surface area contributed by atoms with Gasteiger partial charge in [0.15, 0.2) is 0 Å². The quantitative estimate of drug-likeness (QED) is 0.659. The van der Waals surface area contributed by atoms with Crippen molar-refractivity contribution in [3.8, 4) is 11.4 Å². The predicted molar refractivity (Wildman–Crippen MR) is 110 cm³/mol. The second-order valence-electron chi connectivity index (χ2n) is 8.91. The van der Waals surface area contributed by atoms with Crippen molar-refractivity contribution >= 4 is 0 Å². The third-order valence-electron chi connectivity index (χ3n) is 6.87. The number of nitrogens with zero attached hydrogens (tertiary/aromatic N) is 6. The molecule has 0 unspecified atom stereocenters. The van der Waals surface area contributed by atoms with E-state index in [-0.39, 0.29) is 17.2 Å². The van der Waals surface area contributed by atoms with Crippen LogP contribution in [0.1, 0.15) is 29.5 Å². The second-order valence-corrected chi connectivity index (χ2v) is 8.91. The Bertz CT molecular complexity index is 1040. The zero-order chi connectivity index (χ0) is 20.9. The predicted octanol–water partition coefficient (Wildman–Crippen LogP) is 2.84. The van der Waals surface area contributed by atoms with Gasteiger partial charge in [0.1, 0.15) is 5.82 Å². The number of benzene rings is 1. The van der Waals surface area contributed by atoms with Crippen LogP contribution in [0.3, 0.4) is 0 Å². The molecule has 2 saturated heterocycles. The molecular weight excluding hydrogens is 383 g/mol. The van der Waals surface area contributed by atoms with E-state index in [4.69, 9.17) is 9.51 Å². The first-order chi connectivity index (χ1) is 14.4. The molecule has 8 heteroatoms. The number of aryl methyl sites for hydroxylation is 1. The topological polar surface area (TPSA) is 63.2 Å². The lowest BCUT2D eigenvalue weighted by molar-refractivity contribution is 0.223. The van der Waals surface area contributed by atoms with Gasteiger partial charge in [0.25, 0.3) is 0 Å². The molecule has 0 aliphatic carbocycles. The van der Waals surface area contributed by atoms with Crippen LogP contribution < -0.4 is 0 Å². The molecule has 0 amide bonds. The summed E-state index contributed by atoms with van der Waals surface area (Å²) in [6, 6.07) is 6.23. The lowest BCUT2D eigenvalue weighted by atomic mass is 9.77. The van der Waals surface area contributed by atoms with E-state index in [1.165, 1.54) is 23.4 Å². The minimum Gasteiger partial charge on any atom is -0.339 e. The van der Waals surface area contributed by atoms with Crippen LogP contribution in [0.2, 0.25) is 0 Å². The lowest BCUT2D eigenvalue weighted by Crippen LogP contribution is -2.32. The fourth-order valence-corrected chi connectivity index (χ4v) is 5.09. The van der Waals surface area contributed by atoms with Crippen LogP contribution in [0, 0.1) is 18.2 Å². The van der Waals surface area contributed by atoms with E-state index in [1.807, 2.05) is 17.9 Å². The van der Waals surface area contributed by atoms with Crippen molar-refractivity contribution in [3.63, 3.8) is 0 Å². The highest BCUT2D eigenvalue weighted by Gasteiger charge is 2.52. The van der Waals surface area contributed by atoms with E-state index in [0.29, 0.717) is 11.7 Å². The standard InChI is InChI=1S/C22H27FN6O/c1-15-17(10-24-28(15)3)11-29-12-19(22(14-29)8-9-27(2)13-22)21-25-20(26-30-21)16-4-6-18(23)7-5-16/h4-7,10,19H,8-9,11-14H2,1-3H3/t19-,22-/m0/s1. The summed E-state index contributed by atoms with van der Waals surface area (Å²) in [5.74, 6) is 1.12. The van der Waals surface area contributed by atoms with Crippen molar-refractivity contribution < 1.29 is 8.91 Å². The number of aromatic nitrogens is 4. The van der Waals surface area contributed by atoms with E-state index in [1.54, 1.807) is 12.1 Å². The number of halogens is 1. The molecule has 2 atom stereocenters. The third-order valence-corrected chi connectivity index (χ3v) is 6.87. The average molecular weight is 410 g/mol. The minimum absolute atomic E-state index is 0.109. The molecule has 2 aromatic heterocycles. The SMILES string of the molecule is Cc1c(CN2C[C@@H](c3nc(-c4ccc(F)cc4)no3)[C@]3(CCN(C)C3)C2)cnn1C. The first-order valence-corrected chi connectivity index (χ1v) is 10.4. The van der Waals surface area contributed by atoms with Crippen LogP contribution in [0.25, 0.3) is 11.4 Å². The Morgan fingerprint density at radius 2 is 2.00 bits per heavy atom. The van der Waals surface area contributed by atoms with Gasteiger partial charge in [0, 0.05) is 55.5 Å². The number of hydrogen-bond acceptors (Lipinski definition) is 6. The Morgan fingerprint density at radius 1 is 1.20 bits per heavy atom. The molecule has 2 fully saturated rings. The van der Waals surface area contributed by atoms with Gasteiger partial charge in [-0.15, -0.1) is 0 Å². The van der Waals surface area contributed by atoms with Crippen molar-refractivity contribution in [2.24, 2.45) is 12.5 Å². The number of hydrogen-bond donors (Lipinski definition) is 0. The maximum Gasteiger partial charge on any atom is 0.232 e. The van der Waals surface area contributed by atoms with Crippen LogP contribution in [0.5, 0.6) is 0 Å². The molecule has 1 spiro atoms. The van der Waals surface area contributed by atoms with Gasteiger partial charge in [-0.3, -0.25) is 9.58 Å². The van der Waals surface area contributed by atoms with Crippen molar-refractivity contribution in [2.75, 3.05) is 33.2 Å². The molecule has 7 nitrogen and oxygen atoms in total.